The summed E-state index contributed by atoms with van der Waals surface area (Å²) >= 11 is 0. The van der Waals surface area contributed by atoms with Crippen LogP contribution in [0.2, 0.25) is 0 Å². The summed E-state index contributed by atoms with van der Waals surface area (Å²) in [5, 5.41) is 0. The van der Waals surface area contributed by atoms with Gasteiger partial charge in [-0.3, -0.25) is 18.6 Å². The first kappa shape index (κ1) is 87.3. The maximum absolute atomic E-state index is 12.8. The Morgan fingerprint density at radius 2 is 0.559 bits per heavy atom. The monoisotopic (exact) mass is 1300 g/mol. The van der Waals surface area contributed by atoms with Crippen LogP contribution in [0.1, 0.15) is 258 Å². The van der Waals surface area contributed by atoms with E-state index in [1.54, 1.807) is 0 Å². The van der Waals surface area contributed by atoms with Gasteiger partial charge in [-0.15, -0.1) is 0 Å². The summed E-state index contributed by atoms with van der Waals surface area (Å²) in [4.78, 5) is 35.4. The molecule has 0 amide bonds. The Morgan fingerprint density at radius 1 is 0.323 bits per heavy atom. The van der Waals surface area contributed by atoms with Crippen molar-refractivity contribution in [2.75, 3.05) is 26.4 Å². The summed E-state index contributed by atoms with van der Waals surface area (Å²) in [6, 6.07) is 0. The van der Waals surface area contributed by atoms with Crippen LogP contribution >= 0.6 is 7.82 Å². The number of esters is 2. The first-order valence-corrected chi connectivity index (χ1v) is 37.7. The Labute approximate surface area is 569 Å². The third-order valence-corrected chi connectivity index (χ3v) is 15.3. The molecule has 2 atom stereocenters. The molecule has 520 valence electrons. The first-order valence-electron chi connectivity index (χ1n) is 36.2. The number of rotatable bonds is 65. The molecule has 0 spiro atoms. The molecule has 0 aromatic rings. The minimum Gasteiger partial charge on any atom is -0.462 e. The van der Waals surface area contributed by atoms with Crippen molar-refractivity contribution in [3.05, 3.63) is 219 Å². The Hall–Kier alpha value is -5.67. The van der Waals surface area contributed by atoms with Crippen molar-refractivity contribution in [2.24, 2.45) is 5.73 Å². The largest absolute Gasteiger partial charge is 0.472 e. The molecular formula is C83H130NO8P. The molecule has 9 nitrogen and oxygen atoms in total. The third kappa shape index (κ3) is 75.2. The van der Waals surface area contributed by atoms with Crippen molar-refractivity contribution >= 4 is 19.8 Å². The second-order valence-corrected chi connectivity index (χ2v) is 24.4. The van der Waals surface area contributed by atoms with E-state index in [0.717, 1.165) is 173 Å². The van der Waals surface area contributed by atoms with E-state index in [1.807, 2.05) is 0 Å². The maximum Gasteiger partial charge on any atom is 0.472 e. The number of allylic oxidation sites excluding steroid dienone is 36. The first-order chi connectivity index (χ1) is 45.8. The molecule has 0 saturated carbocycles. The number of unbranched alkanes of at least 4 members (excludes halogenated alkanes) is 16. The summed E-state index contributed by atoms with van der Waals surface area (Å²) in [5.41, 5.74) is 5.40. The molecule has 0 saturated heterocycles. The molecule has 10 heteroatoms. The molecule has 0 aromatic heterocycles. The van der Waals surface area contributed by atoms with E-state index in [-0.39, 0.29) is 32.6 Å². The van der Waals surface area contributed by atoms with Gasteiger partial charge in [-0.25, -0.2) is 4.57 Å². The maximum atomic E-state index is 12.8. The lowest BCUT2D eigenvalue weighted by molar-refractivity contribution is -0.161. The number of hydrogen-bond donors (Lipinski definition) is 2. The summed E-state index contributed by atoms with van der Waals surface area (Å²) < 4.78 is 33.2. The van der Waals surface area contributed by atoms with Crippen LogP contribution < -0.4 is 5.73 Å². The van der Waals surface area contributed by atoms with Gasteiger partial charge < -0.3 is 20.1 Å². The van der Waals surface area contributed by atoms with Gasteiger partial charge in [0.1, 0.15) is 6.61 Å². The fourth-order valence-electron chi connectivity index (χ4n) is 9.09. The highest BCUT2D eigenvalue weighted by Gasteiger charge is 2.26. The van der Waals surface area contributed by atoms with Crippen LogP contribution in [-0.4, -0.2) is 49.3 Å². The van der Waals surface area contributed by atoms with Crippen LogP contribution in [0.15, 0.2) is 219 Å². The van der Waals surface area contributed by atoms with Gasteiger partial charge in [-0.05, 0) is 154 Å². The molecule has 3 N–H and O–H groups in total. The van der Waals surface area contributed by atoms with Gasteiger partial charge in [-0.1, -0.05) is 310 Å². The standard InChI is InChI=1S/C83H130NO8P/c1-3-5-7-9-11-13-15-17-19-21-23-25-27-29-31-33-35-37-38-39-40-41-42-44-46-48-50-52-54-56-58-60-62-64-66-68-70-72-74-76-83(86)92-81(80-91-93(87,88)90-78-77-84)79-89-82(85)75-73-71-69-67-65-63-61-59-57-55-53-51-49-47-45-43-36-34-32-30-28-26-24-22-20-18-16-14-12-10-8-6-4-2/h5-8,11-14,17-20,23-26,29-32,35-37,39-40,42-44,47-50,54,56,60,62,81H,3-4,9-10,15-16,21-22,27-28,33-34,38,41,45-46,51-53,55,57-59,61,63-80,84H2,1-2H3,(H,87,88)/b7-5-,8-6-,13-11-,14-12-,19-17-,20-18-,25-23-,26-24-,31-29-,32-30-,37-35-,40-39-,43-36-,44-42-,49-47-,50-48-,56-54-,62-60-. The van der Waals surface area contributed by atoms with Crippen LogP contribution in [-0.2, 0) is 32.7 Å². The van der Waals surface area contributed by atoms with Crippen LogP contribution in [0.4, 0.5) is 0 Å². The van der Waals surface area contributed by atoms with Crippen LogP contribution in [0.25, 0.3) is 0 Å². The molecule has 0 rings (SSSR count). The van der Waals surface area contributed by atoms with Gasteiger partial charge in [0, 0.05) is 19.4 Å². The van der Waals surface area contributed by atoms with Crippen LogP contribution in [0.5, 0.6) is 0 Å². The zero-order chi connectivity index (χ0) is 67.2. The van der Waals surface area contributed by atoms with Crippen LogP contribution in [0, 0.1) is 0 Å². The highest BCUT2D eigenvalue weighted by Crippen LogP contribution is 2.43. The Bertz CT molecular complexity index is 2330. The Morgan fingerprint density at radius 3 is 0.828 bits per heavy atom. The van der Waals surface area contributed by atoms with E-state index in [1.165, 1.54) is 44.9 Å². The molecule has 0 fully saturated rings. The van der Waals surface area contributed by atoms with E-state index >= 15 is 0 Å². The van der Waals surface area contributed by atoms with Gasteiger partial charge in [0.05, 0.1) is 13.2 Å². The Kier molecular flexibility index (Phi) is 70.8. The van der Waals surface area contributed by atoms with Gasteiger partial charge >= 0.3 is 19.8 Å². The number of ether oxygens (including phenoxy) is 2. The van der Waals surface area contributed by atoms with Crippen LogP contribution in [0.3, 0.4) is 0 Å². The average molecular weight is 1300 g/mol. The highest BCUT2D eigenvalue weighted by atomic mass is 31.2. The van der Waals surface area contributed by atoms with Gasteiger partial charge in [0.25, 0.3) is 0 Å². The van der Waals surface area contributed by atoms with Gasteiger partial charge in [0.2, 0.25) is 0 Å². The molecule has 0 aliphatic heterocycles. The molecule has 2 unspecified atom stereocenters. The van der Waals surface area contributed by atoms with Crippen molar-refractivity contribution in [2.45, 2.75) is 264 Å². The highest BCUT2D eigenvalue weighted by molar-refractivity contribution is 7.47. The minimum absolute atomic E-state index is 0.0381. The fraction of sp³-hybridized carbons (Fsp3) is 0.542. The topological polar surface area (TPSA) is 134 Å². The molecule has 93 heavy (non-hydrogen) atoms. The van der Waals surface area contributed by atoms with Crippen molar-refractivity contribution in [3.8, 4) is 0 Å². The summed E-state index contributed by atoms with van der Waals surface area (Å²) in [5.74, 6) is -0.868. The van der Waals surface area contributed by atoms with Crippen molar-refractivity contribution in [1.29, 1.82) is 0 Å². The average Bonchev–Trinajstić information content (AvgIpc) is 3.60. The number of carbonyl (C=O) groups excluding carboxylic acids is 2. The van der Waals surface area contributed by atoms with E-state index in [0.29, 0.717) is 12.8 Å². The van der Waals surface area contributed by atoms with Gasteiger partial charge in [-0.2, -0.15) is 0 Å². The number of phosphoric ester groups is 1. The van der Waals surface area contributed by atoms with E-state index in [2.05, 4.69) is 233 Å². The minimum atomic E-state index is -4.42. The van der Waals surface area contributed by atoms with E-state index < -0.39 is 32.5 Å². The molecule has 0 aliphatic carbocycles. The smallest absolute Gasteiger partial charge is 0.462 e. The van der Waals surface area contributed by atoms with E-state index in [9.17, 15) is 19.0 Å². The molecule has 0 bridgehead atoms. The second kappa shape index (κ2) is 75.4. The summed E-state index contributed by atoms with van der Waals surface area (Å²) in [7, 11) is -4.42. The summed E-state index contributed by atoms with van der Waals surface area (Å²) in [6.45, 7) is 3.47. The SMILES string of the molecule is CC/C=C\C/C=C\C/C=C\C/C=C\C/C=C\C/C=C\C/C=C\C/C=C\C/C=C\C/C=C\C/C=C\CCCCCCCC(=O)OC(COC(=O)CCCCCCCCCCCCC/C=C\C/C=C\C/C=C\C/C=C\C/C=C\C/C=C\C/C=C\CC)COP(=O)(O)OCCN. The molecule has 0 aromatic carbocycles. The predicted molar refractivity (Wildman–Crippen MR) is 403 cm³/mol. The Balaban J connectivity index is 4.03. The zero-order valence-corrected chi connectivity index (χ0v) is 59.3. The number of carbonyl (C=O) groups is 2. The molecule has 0 radical (unpaired) electrons. The normalized spacial score (nSPS) is 14.2. The third-order valence-electron chi connectivity index (χ3n) is 14.4. The van der Waals surface area contributed by atoms with Crippen molar-refractivity contribution < 1.29 is 37.6 Å². The lowest BCUT2D eigenvalue weighted by Crippen LogP contribution is -2.29. The van der Waals surface area contributed by atoms with E-state index in [4.69, 9.17) is 24.3 Å². The quantitative estimate of drug-likeness (QED) is 0.0264. The van der Waals surface area contributed by atoms with Gasteiger partial charge in [0.15, 0.2) is 6.10 Å². The molecular weight excluding hydrogens is 1170 g/mol. The van der Waals surface area contributed by atoms with Crippen molar-refractivity contribution in [1.82, 2.24) is 0 Å². The number of hydrogen-bond acceptors (Lipinski definition) is 8. The molecule has 0 heterocycles. The zero-order valence-electron chi connectivity index (χ0n) is 58.4. The summed E-state index contributed by atoms with van der Waals surface area (Å²) in [6.07, 6.45) is 117. The fourth-order valence-corrected chi connectivity index (χ4v) is 9.86. The number of nitrogens with two attached hydrogens (primary N) is 1. The second-order valence-electron chi connectivity index (χ2n) is 23.0. The lowest BCUT2D eigenvalue weighted by atomic mass is 10.0. The lowest BCUT2D eigenvalue weighted by Gasteiger charge is -2.19. The predicted octanol–water partition coefficient (Wildman–Crippen LogP) is 24.4. The number of phosphoric acid groups is 1. The molecule has 0 aliphatic rings. The van der Waals surface area contributed by atoms with Crippen molar-refractivity contribution in [3.63, 3.8) is 0 Å².